The molecule has 2 rings (SSSR count). The second-order valence-electron chi connectivity index (χ2n) is 5.67. The van der Waals surface area contributed by atoms with Crippen molar-refractivity contribution >= 4 is 17.3 Å². The molecule has 1 aromatic heterocycles. The van der Waals surface area contributed by atoms with Crippen LogP contribution in [0.5, 0.6) is 0 Å². The van der Waals surface area contributed by atoms with Crippen molar-refractivity contribution in [3.05, 3.63) is 46.2 Å². The van der Waals surface area contributed by atoms with Crippen molar-refractivity contribution in [1.29, 1.82) is 0 Å². The summed E-state index contributed by atoms with van der Waals surface area (Å²) in [7, 11) is 1.93. The van der Waals surface area contributed by atoms with E-state index in [4.69, 9.17) is 17.3 Å². The quantitative estimate of drug-likeness (QED) is 0.862. The largest absolute Gasteiger partial charge is 0.398 e. The van der Waals surface area contributed by atoms with Gasteiger partial charge in [0.2, 0.25) is 0 Å². The number of nitrogens with two attached hydrogens (primary N) is 1. The van der Waals surface area contributed by atoms with Gasteiger partial charge in [-0.2, -0.15) is 5.10 Å². The summed E-state index contributed by atoms with van der Waals surface area (Å²) in [6.07, 6.45) is 0. The maximum absolute atomic E-state index is 6.36. The normalized spacial score (nSPS) is 11.6. The summed E-state index contributed by atoms with van der Waals surface area (Å²) in [5.74, 6) is 0. The first-order valence-corrected chi connectivity index (χ1v) is 7.53. The number of hydrogen-bond donors (Lipinski definition) is 1. The van der Waals surface area contributed by atoms with Crippen molar-refractivity contribution in [2.45, 2.75) is 39.9 Å². The van der Waals surface area contributed by atoms with Crippen LogP contribution in [0, 0.1) is 6.92 Å². The molecular weight excluding hydrogens is 284 g/mol. The predicted octanol–water partition coefficient (Wildman–Crippen LogP) is 3.37. The fourth-order valence-electron chi connectivity index (χ4n) is 2.36. The Labute approximate surface area is 131 Å². The molecule has 0 bridgehead atoms. The first-order chi connectivity index (χ1) is 9.90. The Morgan fingerprint density at radius 1 is 1.29 bits per heavy atom. The van der Waals surface area contributed by atoms with Gasteiger partial charge < -0.3 is 5.73 Å². The van der Waals surface area contributed by atoms with Crippen molar-refractivity contribution < 1.29 is 0 Å². The Kier molecular flexibility index (Phi) is 4.91. The minimum Gasteiger partial charge on any atom is -0.398 e. The molecule has 0 saturated heterocycles. The Morgan fingerprint density at radius 3 is 2.48 bits per heavy atom. The third kappa shape index (κ3) is 3.57. The third-order valence-corrected chi connectivity index (χ3v) is 4.26. The molecule has 4 nitrogen and oxygen atoms in total. The van der Waals surface area contributed by atoms with Crippen LogP contribution >= 0.6 is 11.6 Å². The van der Waals surface area contributed by atoms with Crippen LogP contribution in [0.4, 0.5) is 5.69 Å². The lowest BCUT2D eigenvalue weighted by molar-refractivity contribution is 0.199. The van der Waals surface area contributed by atoms with Gasteiger partial charge >= 0.3 is 0 Å². The van der Waals surface area contributed by atoms with E-state index in [9.17, 15) is 0 Å². The van der Waals surface area contributed by atoms with E-state index in [2.05, 4.69) is 29.9 Å². The zero-order chi connectivity index (χ0) is 15.6. The van der Waals surface area contributed by atoms with Crippen LogP contribution in [-0.2, 0) is 20.1 Å². The van der Waals surface area contributed by atoms with Gasteiger partial charge in [-0.25, -0.2) is 0 Å². The van der Waals surface area contributed by atoms with E-state index in [1.807, 2.05) is 36.9 Å². The Morgan fingerprint density at radius 2 is 1.95 bits per heavy atom. The highest BCUT2D eigenvalue weighted by Gasteiger charge is 2.18. The number of aromatic nitrogens is 2. The van der Waals surface area contributed by atoms with Crippen molar-refractivity contribution in [1.82, 2.24) is 14.7 Å². The van der Waals surface area contributed by atoms with Gasteiger partial charge in [-0.15, -0.1) is 0 Å². The van der Waals surface area contributed by atoms with Gasteiger partial charge in [0.15, 0.2) is 0 Å². The van der Waals surface area contributed by atoms with Crippen molar-refractivity contribution in [3.63, 3.8) is 0 Å². The molecule has 0 fully saturated rings. The number of benzene rings is 1. The van der Waals surface area contributed by atoms with E-state index in [1.54, 1.807) is 0 Å². The summed E-state index contributed by atoms with van der Waals surface area (Å²) >= 11 is 6.36. The maximum Gasteiger partial charge on any atom is 0.0860 e. The fourth-order valence-corrected chi connectivity index (χ4v) is 2.58. The third-order valence-electron chi connectivity index (χ3n) is 3.77. The van der Waals surface area contributed by atoms with Crippen LogP contribution in [0.2, 0.25) is 5.02 Å². The number of nitrogen functional groups attached to an aromatic ring is 1. The molecule has 0 radical (unpaired) electrons. The molecular formula is C16H23ClN4. The summed E-state index contributed by atoms with van der Waals surface area (Å²) in [5.41, 5.74) is 9.94. The van der Waals surface area contributed by atoms with Gasteiger partial charge in [-0.3, -0.25) is 9.58 Å². The highest BCUT2D eigenvalue weighted by Crippen LogP contribution is 2.23. The number of nitrogens with zero attached hydrogens (tertiary/aromatic N) is 3. The number of anilines is 1. The zero-order valence-electron chi connectivity index (χ0n) is 13.1. The molecule has 0 unspecified atom stereocenters. The van der Waals surface area contributed by atoms with Gasteiger partial charge in [-0.1, -0.05) is 29.8 Å². The van der Waals surface area contributed by atoms with E-state index < -0.39 is 0 Å². The van der Waals surface area contributed by atoms with Crippen molar-refractivity contribution in [2.75, 3.05) is 5.73 Å². The molecule has 2 aromatic rings. The molecule has 21 heavy (non-hydrogen) atoms. The minimum absolute atomic E-state index is 0.385. The number of aryl methyl sites for hydroxylation is 2. The predicted molar refractivity (Wildman–Crippen MR) is 88.2 cm³/mol. The molecule has 1 aromatic carbocycles. The molecule has 114 valence electrons. The summed E-state index contributed by atoms with van der Waals surface area (Å²) < 4.78 is 1.86. The van der Waals surface area contributed by atoms with Crippen molar-refractivity contribution in [3.8, 4) is 0 Å². The first kappa shape index (κ1) is 15.9. The molecule has 2 N–H and O–H groups in total. The Bertz CT molecular complexity index is 619. The molecule has 0 atom stereocenters. The van der Waals surface area contributed by atoms with E-state index in [1.165, 1.54) is 0 Å². The minimum atomic E-state index is 0.385. The fraction of sp³-hybridized carbons (Fsp3) is 0.438. The summed E-state index contributed by atoms with van der Waals surface area (Å²) in [4.78, 5) is 2.34. The van der Waals surface area contributed by atoms with E-state index in [0.717, 1.165) is 40.8 Å². The second kappa shape index (κ2) is 6.50. The lowest BCUT2D eigenvalue weighted by Crippen LogP contribution is -2.31. The summed E-state index contributed by atoms with van der Waals surface area (Å²) in [6, 6.07) is 8.37. The van der Waals surface area contributed by atoms with Crippen LogP contribution < -0.4 is 5.73 Å². The van der Waals surface area contributed by atoms with Crippen LogP contribution in [0.15, 0.2) is 24.3 Å². The van der Waals surface area contributed by atoms with E-state index >= 15 is 0 Å². The molecule has 0 amide bonds. The molecule has 0 aliphatic carbocycles. The monoisotopic (exact) mass is 306 g/mol. The van der Waals surface area contributed by atoms with Gasteiger partial charge in [0.1, 0.15) is 0 Å². The van der Waals surface area contributed by atoms with E-state index in [-0.39, 0.29) is 0 Å². The molecule has 0 aliphatic heterocycles. The topological polar surface area (TPSA) is 47.1 Å². The summed E-state index contributed by atoms with van der Waals surface area (Å²) in [6.45, 7) is 7.83. The standard InChI is InChI=1S/C16H23ClN4/c1-11(2)21(9-13-7-5-6-8-14(13)18)10-15-16(17)12(3)19-20(15)4/h5-8,11H,9-10,18H2,1-4H3. The molecule has 0 spiro atoms. The number of para-hydroxylation sites is 1. The first-order valence-electron chi connectivity index (χ1n) is 7.15. The molecule has 0 aliphatic rings. The van der Waals surface area contributed by atoms with Gasteiger partial charge in [-0.05, 0) is 32.4 Å². The van der Waals surface area contributed by atoms with Gasteiger partial charge in [0.25, 0.3) is 0 Å². The highest BCUT2D eigenvalue weighted by atomic mass is 35.5. The van der Waals surface area contributed by atoms with Crippen molar-refractivity contribution in [2.24, 2.45) is 7.05 Å². The second-order valence-corrected chi connectivity index (χ2v) is 6.05. The molecule has 1 heterocycles. The zero-order valence-corrected chi connectivity index (χ0v) is 13.9. The molecule has 5 heteroatoms. The number of rotatable bonds is 5. The summed E-state index contributed by atoms with van der Waals surface area (Å²) in [5, 5.41) is 5.13. The lowest BCUT2D eigenvalue weighted by atomic mass is 10.1. The van der Waals surface area contributed by atoms with Gasteiger partial charge in [0, 0.05) is 31.9 Å². The number of hydrogen-bond acceptors (Lipinski definition) is 3. The van der Waals surface area contributed by atoms with E-state index in [0.29, 0.717) is 6.04 Å². The lowest BCUT2D eigenvalue weighted by Gasteiger charge is -2.27. The smallest absolute Gasteiger partial charge is 0.0860 e. The average molecular weight is 307 g/mol. The Hall–Kier alpha value is -1.52. The Balaban J connectivity index is 2.22. The van der Waals surface area contributed by atoms with Gasteiger partial charge in [0.05, 0.1) is 16.4 Å². The SMILES string of the molecule is Cc1nn(C)c(CN(Cc2ccccc2N)C(C)C)c1Cl. The average Bonchev–Trinajstić information content (AvgIpc) is 2.66. The number of halogens is 1. The van der Waals surface area contributed by atoms with Crippen LogP contribution in [-0.4, -0.2) is 20.7 Å². The molecule has 0 saturated carbocycles. The highest BCUT2D eigenvalue weighted by molar-refractivity contribution is 6.31. The van der Waals surface area contributed by atoms with Crippen LogP contribution in [0.1, 0.15) is 30.8 Å². The maximum atomic E-state index is 6.36. The van der Waals surface area contributed by atoms with Crippen LogP contribution in [0.25, 0.3) is 0 Å². The van der Waals surface area contributed by atoms with Crippen LogP contribution in [0.3, 0.4) is 0 Å².